The van der Waals surface area contributed by atoms with Crippen LogP contribution >= 0.6 is 11.6 Å². The molecule has 0 atom stereocenters. The molecule has 0 bridgehead atoms. The average molecular weight is 218 g/mol. The molecular formula is C8H12ClN3O2. The largest absolute Gasteiger partial charge is 0.393 e. The Bertz CT molecular complexity index is 447. The fraction of sp³-hybridized carbons (Fsp3) is 0.500. The first-order valence-corrected chi connectivity index (χ1v) is 4.59. The monoisotopic (exact) mass is 217 g/mol. The molecule has 0 saturated heterocycles. The number of nitrogens with zero attached hydrogens (tertiary/aromatic N) is 1. The maximum atomic E-state index is 11.5. The fourth-order valence-corrected chi connectivity index (χ4v) is 1.25. The third-order valence-corrected chi connectivity index (χ3v) is 2.06. The minimum absolute atomic E-state index is 0.214. The minimum atomic E-state index is -0.532. The molecule has 0 spiro atoms. The Balaban J connectivity index is 3.34. The summed E-state index contributed by atoms with van der Waals surface area (Å²) in [6.07, 6.45) is 0. The predicted molar refractivity (Wildman–Crippen MR) is 55.6 cm³/mol. The lowest BCUT2D eigenvalue weighted by Crippen LogP contribution is -2.33. The van der Waals surface area contributed by atoms with Gasteiger partial charge in [-0.1, -0.05) is 25.4 Å². The van der Waals surface area contributed by atoms with Crippen LogP contribution in [0.2, 0.25) is 5.02 Å². The first kappa shape index (κ1) is 10.8. The number of hydrogen-bond acceptors (Lipinski definition) is 3. The van der Waals surface area contributed by atoms with Gasteiger partial charge in [0.15, 0.2) is 0 Å². The van der Waals surface area contributed by atoms with Gasteiger partial charge in [-0.05, 0) is 5.92 Å². The Hall–Kier alpha value is -1.23. The number of nitrogens with one attached hydrogen (secondary N) is 1. The van der Waals surface area contributed by atoms with Gasteiger partial charge in [0, 0.05) is 6.54 Å². The summed E-state index contributed by atoms with van der Waals surface area (Å²) in [4.78, 5) is 22.6. The summed E-state index contributed by atoms with van der Waals surface area (Å²) in [7, 11) is 0. The van der Waals surface area contributed by atoms with Crippen LogP contribution in [-0.2, 0) is 6.54 Å². The Morgan fingerprint density at radius 1 is 1.50 bits per heavy atom. The number of H-pyrrole nitrogens is 1. The van der Waals surface area contributed by atoms with E-state index in [0.29, 0.717) is 6.54 Å². The number of halogens is 1. The van der Waals surface area contributed by atoms with Crippen LogP contribution in [0, 0.1) is 5.92 Å². The molecule has 0 aromatic carbocycles. The van der Waals surface area contributed by atoms with Gasteiger partial charge in [0.2, 0.25) is 0 Å². The van der Waals surface area contributed by atoms with E-state index < -0.39 is 11.1 Å². The van der Waals surface area contributed by atoms with Crippen molar-refractivity contribution in [3.8, 4) is 0 Å². The number of rotatable bonds is 2. The van der Waals surface area contributed by atoms with Crippen LogP contribution < -0.4 is 16.9 Å². The third kappa shape index (κ3) is 1.98. The van der Waals surface area contributed by atoms with Crippen molar-refractivity contribution in [1.29, 1.82) is 0 Å². The zero-order valence-corrected chi connectivity index (χ0v) is 8.76. The Labute approximate surface area is 85.5 Å². The normalized spacial score (nSPS) is 10.9. The van der Waals surface area contributed by atoms with Crippen molar-refractivity contribution < 1.29 is 0 Å². The summed E-state index contributed by atoms with van der Waals surface area (Å²) >= 11 is 5.59. The molecule has 5 nitrogen and oxygen atoms in total. The van der Waals surface area contributed by atoms with E-state index in [1.165, 1.54) is 4.68 Å². The van der Waals surface area contributed by atoms with Gasteiger partial charge in [0.25, 0.3) is 11.1 Å². The SMILES string of the molecule is CC(C)Cn1[nH]c(=O)c(N)c(Cl)c1=O. The maximum absolute atomic E-state index is 11.5. The molecule has 1 aromatic rings. The standard InChI is InChI=1S/C8H12ClN3O2/c1-4(2)3-12-8(14)5(9)6(10)7(13)11-12/h4H,3,10H2,1-2H3,(H,11,13). The number of nitrogens with two attached hydrogens (primary N) is 1. The van der Waals surface area contributed by atoms with E-state index >= 15 is 0 Å². The molecule has 0 fully saturated rings. The van der Waals surface area contributed by atoms with Crippen LogP contribution in [0.5, 0.6) is 0 Å². The van der Waals surface area contributed by atoms with Gasteiger partial charge in [-0.25, -0.2) is 4.68 Å². The summed E-state index contributed by atoms with van der Waals surface area (Å²) in [5.41, 5.74) is 4.08. The van der Waals surface area contributed by atoms with E-state index in [0.717, 1.165) is 0 Å². The lowest BCUT2D eigenvalue weighted by Gasteiger charge is -2.08. The van der Waals surface area contributed by atoms with Gasteiger partial charge in [-0.3, -0.25) is 14.7 Å². The Morgan fingerprint density at radius 2 is 2.07 bits per heavy atom. The molecule has 0 aliphatic heterocycles. The number of aromatic nitrogens is 2. The highest BCUT2D eigenvalue weighted by Crippen LogP contribution is 2.06. The van der Waals surface area contributed by atoms with Crippen molar-refractivity contribution in [2.45, 2.75) is 20.4 Å². The van der Waals surface area contributed by atoms with Crippen molar-refractivity contribution in [3.63, 3.8) is 0 Å². The molecule has 0 saturated carbocycles. The third-order valence-electron chi connectivity index (χ3n) is 1.70. The molecule has 1 heterocycles. The summed E-state index contributed by atoms with van der Waals surface area (Å²) in [5, 5.41) is 2.14. The topological polar surface area (TPSA) is 80.9 Å². The number of nitrogen functional groups attached to an aromatic ring is 1. The van der Waals surface area contributed by atoms with Crippen LogP contribution in [0.25, 0.3) is 0 Å². The van der Waals surface area contributed by atoms with Gasteiger partial charge >= 0.3 is 0 Å². The zero-order valence-electron chi connectivity index (χ0n) is 8.00. The van der Waals surface area contributed by atoms with Crippen LogP contribution in [0.15, 0.2) is 9.59 Å². The van der Waals surface area contributed by atoms with Crippen molar-refractivity contribution in [2.24, 2.45) is 5.92 Å². The second-order valence-corrected chi connectivity index (χ2v) is 3.86. The summed E-state index contributed by atoms with van der Waals surface area (Å²) < 4.78 is 1.17. The summed E-state index contributed by atoms with van der Waals surface area (Å²) in [5.74, 6) is 0.239. The second-order valence-electron chi connectivity index (χ2n) is 3.48. The minimum Gasteiger partial charge on any atom is -0.393 e. The lowest BCUT2D eigenvalue weighted by atomic mass is 10.2. The fourth-order valence-electron chi connectivity index (χ4n) is 1.06. The molecule has 14 heavy (non-hydrogen) atoms. The highest BCUT2D eigenvalue weighted by atomic mass is 35.5. The van der Waals surface area contributed by atoms with E-state index in [4.69, 9.17) is 17.3 Å². The molecule has 0 radical (unpaired) electrons. The van der Waals surface area contributed by atoms with Crippen LogP contribution in [0.1, 0.15) is 13.8 Å². The Kier molecular flexibility index (Phi) is 3.00. The van der Waals surface area contributed by atoms with Crippen molar-refractivity contribution >= 4 is 17.3 Å². The Morgan fingerprint density at radius 3 is 2.57 bits per heavy atom. The predicted octanol–water partition coefficient (Wildman–Crippen LogP) is 0.428. The quantitative estimate of drug-likeness (QED) is 0.754. The highest BCUT2D eigenvalue weighted by molar-refractivity contribution is 6.32. The number of aromatic amines is 1. The number of hydrogen-bond donors (Lipinski definition) is 2. The van der Waals surface area contributed by atoms with Gasteiger partial charge in [0.05, 0.1) is 0 Å². The summed E-state index contributed by atoms with van der Waals surface area (Å²) in [6, 6.07) is 0. The molecule has 0 aliphatic carbocycles. The zero-order chi connectivity index (χ0) is 10.9. The molecule has 1 rings (SSSR count). The first-order valence-electron chi connectivity index (χ1n) is 4.21. The van der Waals surface area contributed by atoms with E-state index in [9.17, 15) is 9.59 Å². The maximum Gasteiger partial charge on any atom is 0.287 e. The van der Waals surface area contributed by atoms with Crippen LogP contribution in [-0.4, -0.2) is 9.78 Å². The first-order chi connectivity index (χ1) is 6.43. The van der Waals surface area contributed by atoms with E-state index in [-0.39, 0.29) is 16.6 Å². The highest BCUT2D eigenvalue weighted by Gasteiger charge is 2.10. The number of anilines is 1. The van der Waals surface area contributed by atoms with Crippen molar-refractivity contribution in [3.05, 3.63) is 25.7 Å². The van der Waals surface area contributed by atoms with Crippen molar-refractivity contribution in [2.75, 3.05) is 5.73 Å². The summed E-state index contributed by atoms with van der Waals surface area (Å²) in [6.45, 7) is 4.26. The van der Waals surface area contributed by atoms with Gasteiger partial charge in [0.1, 0.15) is 10.7 Å². The van der Waals surface area contributed by atoms with E-state index in [1.807, 2.05) is 13.8 Å². The van der Waals surface area contributed by atoms with E-state index in [2.05, 4.69) is 5.10 Å². The van der Waals surface area contributed by atoms with Gasteiger partial charge in [-0.15, -0.1) is 0 Å². The average Bonchev–Trinajstić information content (AvgIpc) is 2.10. The molecular weight excluding hydrogens is 206 g/mol. The molecule has 0 amide bonds. The van der Waals surface area contributed by atoms with Crippen LogP contribution in [0.4, 0.5) is 5.69 Å². The van der Waals surface area contributed by atoms with Crippen molar-refractivity contribution in [1.82, 2.24) is 9.78 Å². The van der Waals surface area contributed by atoms with Gasteiger partial charge < -0.3 is 5.73 Å². The van der Waals surface area contributed by atoms with Crippen LogP contribution in [0.3, 0.4) is 0 Å². The van der Waals surface area contributed by atoms with Gasteiger partial charge in [-0.2, -0.15) is 0 Å². The smallest absolute Gasteiger partial charge is 0.287 e. The molecule has 1 aromatic heterocycles. The molecule has 0 aliphatic rings. The molecule has 3 N–H and O–H groups in total. The lowest BCUT2D eigenvalue weighted by molar-refractivity contribution is 0.460. The molecule has 0 unspecified atom stereocenters. The molecule has 78 valence electrons. The van der Waals surface area contributed by atoms with E-state index in [1.54, 1.807) is 0 Å². The molecule has 6 heteroatoms. The second kappa shape index (κ2) is 3.88.